The Labute approximate surface area is 410 Å². The van der Waals surface area contributed by atoms with Crippen LogP contribution in [-0.2, 0) is 14.4 Å². The highest BCUT2D eigenvalue weighted by molar-refractivity contribution is 7.15. The molecule has 5 heterocycles. The van der Waals surface area contributed by atoms with Crippen LogP contribution in [0.25, 0.3) is 18.2 Å². The van der Waals surface area contributed by atoms with Gasteiger partial charge < -0.3 is 43.4 Å². The van der Waals surface area contributed by atoms with E-state index >= 15 is 8.63 Å². The van der Waals surface area contributed by atoms with Gasteiger partial charge in [-0.25, -0.2) is 9.78 Å². The van der Waals surface area contributed by atoms with E-state index in [4.69, 9.17) is 27.9 Å². The van der Waals surface area contributed by atoms with E-state index in [1.165, 1.54) is 22.7 Å². The number of carboxylic acid groups (broad SMARTS) is 1. The molecule has 2 amide bonds. The molecule has 0 aliphatic carbocycles. The molecule has 2 aliphatic heterocycles. The first-order valence-corrected chi connectivity index (χ1v) is 24.6. The molecule has 6 aromatic rings. The standard InChI is InChI=1S/C50H47BCl2F2N6O5S2/c52-36-16-12-34(13-17-36)48(35-14-18-37(53)19-15-35)45-31-58-50(68-45)57-28-4-6-42(49(64)65)59-46(62)8-2-1-3-27-56-47(63)32-66-41-24-10-33(11-25-41)9-20-38-21-22-39-30-40-23-26-43(44-7-5-29-67-44)61(40)51(54,55)60(38)39/h5,7,9-26,29-31,42,48H,1-4,6,8,27-28,32H2,(H,56,63)(H,57,58)(H,59,62)(H,64,65)/b20-9+/t42-/m0/s1. The van der Waals surface area contributed by atoms with Gasteiger partial charge in [0, 0.05) is 76.2 Å². The molecule has 1 atom stereocenters. The Bertz CT molecular complexity index is 2820. The summed E-state index contributed by atoms with van der Waals surface area (Å²) >= 11 is 15.3. The minimum Gasteiger partial charge on any atom is -0.484 e. The summed E-state index contributed by atoms with van der Waals surface area (Å²) < 4.78 is 40.1. The number of aliphatic carboxylic acids is 1. The minimum atomic E-state index is -4.14. The highest BCUT2D eigenvalue weighted by Gasteiger charge is 2.52. The number of amides is 2. The van der Waals surface area contributed by atoms with Crippen molar-refractivity contribution in [1.82, 2.24) is 20.1 Å². The molecule has 3 aromatic carbocycles. The molecular formula is C50H47BCl2F2N6O5S2. The van der Waals surface area contributed by atoms with Crippen LogP contribution < -0.4 is 20.7 Å². The van der Waals surface area contributed by atoms with E-state index in [1.54, 1.807) is 66.8 Å². The van der Waals surface area contributed by atoms with Crippen molar-refractivity contribution in [3.05, 3.63) is 174 Å². The van der Waals surface area contributed by atoms with Crippen LogP contribution in [0.2, 0.25) is 10.0 Å². The van der Waals surface area contributed by atoms with Gasteiger partial charge in [0.2, 0.25) is 5.91 Å². The van der Waals surface area contributed by atoms with Crippen molar-refractivity contribution in [1.29, 1.82) is 0 Å². The number of carboxylic acids is 1. The van der Waals surface area contributed by atoms with Crippen molar-refractivity contribution >= 4 is 99.7 Å². The molecular weight excluding hydrogens is 948 g/mol. The monoisotopic (exact) mass is 994 g/mol. The predicted molar refractivity (Wildman–Crippen MR) is 269 cm³/mol. The molecule has 0 bridgehead atoms. The van der Waals surface area contributed by atoms with Crippen LogP contribution in [-0.4, -0.2) is 75.3 Å². The normalized spacial score (nSPS) is 14.2. The second-order valence-electron chi connectivity index (χ2n) is 16.3. The molecule has 0 unspecified atom stereocenters. The number of ether oxygens (including phenoxy) is 1. The lowest BCUT2D eigenvalue weighted by Gasteiger charge is -2.30. The van der Waals surface area contributed by atoms with E-state index in [0.717, 1.165) is 35.4 Å². The summed E-state index contributed by atoms with van der Waals surface area (Å²) in [6, 6.07) is 28.4. The van der Waals surface area contributed by atoms with Gasteiger partial charge in [0.25, 0.3) is 5.91 Å². The number of nitrogens with one attached hydrogen (secondary N) is 3. The lowest BCUT2D eigenvalue weighted by molar-refractivity contribution is -0.360. The molecule has 0 spiro atoms. The molecule has 0 saturated carbocycles. The smallest absolute Gasteiger partial charge is 0.484 e. The van der Waals surface area contributed by atoms with Crippen molar-refractivity contribution in [2.24, 2.45) is 0 Å². The van der Waals surface area contributed by atoms with E-state index in [2.05, 4.69) is 20.9 Å². The second kappa shape index (κ2) is 22.2. The van der Waals surface area contributed by atoms with Crippen LogP contribution in [0.15, 0.2) is 126 Å². The average molecular weight is 996 g/mol. The number of thiazole rings is 1. The van der Waals surface area contributed by atoms with E-state index < -0.39 is 19.0 Å². The van der Waals surface area contributed by atoms with Crippen molar-refractivity contribution in [2.45, 2.75) is 50.5 Å². The molecule has 350 valence electrons. The highest BCUT2D eigenvalue weighted by atomic mass is 35.5. The Morgan fingerprint density at radius 3 is 2.28 bits per heavy atom. The number of unbranched alkanes of at least 4 members (excludes halogenated alkanes) is 2. The molecule has 3 aromatic heterocycles. The van der Waals surface area contributed by atoms with Gasteiger partial charge >= 0.3 is 12.9 Å². The lowest BCUT2D eigenvalue weighted by atomic mass is 9.90. The topological polar surface area (TPSA) is 138 Å². The number of nitrogens with zero attached hydrogens (tertiary/aromatic N) is 3. The fraction of sp³-hybridized carbons (Fsp3) is 0.220. The zero-order chi connectivity index (χ0) is 47.6. The summed E-state index contributed by atoms with van der Waals surface area (Å²) in [5, 5.41) is 22.4. The Morgan fingerprint density at radius 2 is 1.59 bits per heavy atom. The highest BCUT2D eigenvalue weighted by Crippen LogP contribution is 2.38. The third-order valence-corrected chi connectivity index (χ3v) is 13.9. The maximum absolute atomic E-state index is 16.1. The number of fused-ring (bicyclic) bond motifs is 2. The summed E-state index contributed by atoms with van der Waals surface area (Å²) in [5.41, 5.74) is 4.64. The Kier molecular flexibility index (Phi) is 15.7. The maximum atomic E-state index is 16.1. The van der Waals surface area contributed by atoms with Gasteiger partial charge in [-0.05, 0) is 108 Å². The van der Waals surface area contributed by atoms with Crippen molar-refractivity contribution in [2.75, 3.05) is 25.0 Å². The zero-order valence-corrected chi connectivity index (χ0v) is 39.8. The van der Waals surface area contributed by atoms with Crippen LogP contribution >= 0.6 is 45.9 Å². The van der Waals surface area contributed by atoms with Gasteiger partial charge in [-0.3, -0.25) is 9.59 Å². The number of aromatic nitrogens is 2. The van der Waals surface area contributed by atoms with Crippen molar-refractivity contribution < 1.29 is 37.3 Å². The molecule has 0 saturated heterocycles. The van der Waals surface area contributed by atoms with E-state index in [-0.39, 0.29) is 37.2 Å². The molecule has 0 fully saturated rings. The van der Waals surface area contributed by atoms with Crippen LogP contribution in [0.4, 0.5) is 13.8 Å². The SMILES string of the molecule is O=C(COc1ccc(/C=C/c2ccc3n2[B-](F)(F)[N+]2=C(c4cccs4)C=CC2=C3)cc1)NCCCCCC(=O)N[C@@H](CCCNc1ncc(C(c2ccc(Cl)cc2)c2ccc(Cl)cc2)s1)C(=O)O. The summed E-state index contributed by atoms with van der Waals surface area (Å²) in [4.78, 5) is 43.4. The largest absolute Gasteiger partial charge is 0.737 e. The van der Waals surface area contributed by atoms with Gasteiger partial charge in [-0.15, -0.1) is 22.7 Å². The molecule has 4 N–H and O–H groups in total. The van der Waals surface area contributed by atoms with Gasteiger partial charge in [0.05, 0.1) is 4.88 Å². The fourth-order valence-corrected chi connectivity index (χ4v) is 10.1. The molecule has 18 heteroatoms. The van der Waals surface area contributed by atoms with Crippen LogP contribution in [0.3, 0.4) is 0 Å². The second-order valence-corrected chi connectivity index (χ2v) is 19.1. The average Bonchev–Trinajstić information content (AvgIpc) is 4.17. The number of carbonyl (C=O) groups excluding carboxylic acids is 2. The number of hydrogen-bond acceptors (Lipinski definition) is 8. The first-order valence-electron chi connectivity index (χ1n) is 22.2. The van der Waals surface area contributed by atoms with E-state index in [1.807, 2.05) is 72.2 Å². The number of allylic oxidation sites excluding steroid dienone is 2. The number of carbonyl (C=O) groups is 3. The Balaban J connectivity index is 0.708. The number of rotatable bonds is 22. The van der Waals surface area contributed by atoms with E-state index in [9.17, 15) is 19.5 Å². The summed E-state index contributed by atoms with van der Waals surface area (Å²) in [6.07, 6.45) is 13.2. The van der Waals surface area contributed by atoms with Gasteiger partial charge in [-0.1, -0.05) is 78.2 Å². The summed E-state index contributed by atoms with van der Waals surface area (Å²) in [5.74, 6) is -1.33. The Morgan fingerprint density at radius 1 is 0.853 bits per heavy atom. The Hall–Kier alpha value is -6.33. The molecule has 68 heavy (non-hydrogen) atoms. The summed E-state index contributed by atoms with van der Waals surface area (Å²) in [6.45, 7) is -3.47. The first-order chi connectivity index (χ1) is 32.9. The first kappa shape index (κ1) is 48.1. The maximum Gasteiger partial charge on any atom is 0.737 e. The van der Waals surface area contributed by atoms with Gasteiger partial charge in [0.1, 0.15) is 11.8 Å². The molecule has 11 nitrogen and oxygen atoms in total. The quantitative estimate of drug-likeness (QED) is 0.0393. The van der Waals surface area contributed by atoms with Crippen LogP contribution in [0.1, 0.15) is 82.3 Å². The van der Waals surface area contributed by atoms with Gasteiger partial charge in [0.15, 0.2) is 23.1 Å². The number of halogens is 4. The zero-order valence-electron chi connectivity index (χ0n) is 36.6. The van der Waals surface area contributed by atoms with Gasteiger partial charge in [-0.2, -0.15) is 0 Å². The van der Waals surface area contributed by atoms with Crippen LogP contribution in [0.5, 0.6) is 5.75 Å². The third-order valence-electron chi connectivity index (χ3n) is 11.5. The summed E-state index contributed by atoms with van der Waals surface area (Å²) in [7, 11) is 0. The van der Waals surface area contributed by atoms with E-state index in [0.29, 0.717) is 82.5 Å². The minimum absolute atomic E-state index is 0.0785. The lowest BCUT2D eigenvalue weighted by Crippen LogP contribution is -2.50. The predicted octanol–water partition coefficient (Wildman–Crippen LogP) is 10.8. The van der Waals surface area contributed by atoms with Crippen LogP contribution in [0, 0.1) is 0 Å². The van der Waals surface area contributed by atoms with Crippen molar-refractivity contribution in [3.63, 3.8) is 0 Å². The number of benzene rings is 3. The molecule has 2 aliphatic rings. The number of thiophene rings is 1. The third kappa shape index (κ3) is 11.8. The van der Waals surface area contributed by atoms with Crippen molar-refractivity contribution in [3.8, 4) is 5.75 Å². The number of hydrogen-bond donors (Lipinski definition) is 4. The molecule has 8 rings (SSSR count). The fourth-order valence-electron chi connectivity index (χ4n) is 8.14. The number of anilines is 1. The molecule has 0 radical (unpaired) electrons.